The Labute approximate surface area is 129 Å². The second-order valence-corrected chi connectivity index (χ2v) is 5.58. The van der Waals surface area contributed by atoms with E-state index in [1.165, 1.54) is 0 Å². The topological polar surface area (TPSA) is 80.0 Å². The molecule has 1 unspecified atom stereocenters. The lowest BCUT2D eigenvalue weighted by molar-refractivity contribution is -0.116. The Morgan fingerprint density at radius 1 is 1.41 bits per heavy atom. The monoisotopic (exact) mass is 300 g/mol. The second kappa shape index (κ2) is 6.17. The molecule has 6 nitrogen and oxygen atoms in total. The molecule has 0 saturated heterocycles. The Kier molecular flexibility index (Phi) is 4.09. The van der Waals surface area contributed by atoms with Crippen LogP contribution in [-0.2, 0) is 17.6 Å². The number of benzene rings is 1. The fourth-order valence-corrected chi connectivity index (χ4v) is 2.55. The van der Waals surface area contributed by atoms with Gasteiger partial charge in [-0.15, -0.1) is 0 Å². The summed E-state index contributed by atoms with van der Waals surface area (Å²) in [5, 5.41) is 10.2. The maximum absolute atomic E-state index is 11.4. The van der Waals surface area contributed by atoms with Gasteiger partial charge in [-0.1, -0.05) is 12.1 Å². The zero-order valence-electron chi connectivity index (χ0n) is 12.8. The molecule has 0 aliphatic carbocycles. The molecule has 3 rings (SSSR count). The van der Waals surface area contributed by atoms with Crippen molar-refractivity contribution in [3.05, 3.63) is 35.5 Å². The van der Waals surface area contributed by atoms with Gasteiger partial charge in [0.2, 0.25) is 11.8 Å². The molecule has 1 aromatic carbocycles. The highest BCUT2D eigenvalue weighted by molar-refractivity contribution is 5.94. The zero-order chi connectivity index (χ0) is 15.5. The highest BCUT2D eigenvalue weighted by Gasteiger charge is 2.17. The number of nitrogens with zero attached hydrogens (tertiary/aromatic N) is 2. The number of hydrogen-bond donors (Lipinski definition) is 2. The first kappa shape index (κ1) is 14.6. The zero-order valence-corrected chi connectivity index (χ0v) is 12.8. The van der Waals surface area contributed by atoms with Crippen LogP contribution in [-0.4, -0.2) is 16.0 Å². The molecule has 1 aliphatic rings. The van der Waals surface area contributed by atoms with Crippen molar-refractivity contribution in [2.24, 2.45) is 0 Å². The van der Waals surface area contributed by atoms with Gasteiger partial charge < -0.3 is 15.2 Å². The van der Waals surface area contributed by atoms with Crippen LogP contribution in [0.5, 0.6) is 0 Å². The normalized spacial score (nSPS) is 15.1. The molecular weight excluding hydrogens is 280 g/mol. The minimum absolute atomic E-state index is 0.0608. The summed E-state index contributed by atoms with van der Waals surface area (Å²) in [7, 11) is 0. The lowest BCUT2D eigenvalue weighted by Crippen LogP contribution is -2.19. The molecule has 116 valence electrons. The molecule has 0 radical (unpaired) electrons. The van der Waals surface area contributed by atoms with Crippen molar-refractivity contribution in [1.82, 2.24) is 10.1 Å². The largest absolute Gasteiger partial charge is 0.374 e. The maximum atomic E-state index is 11.4. The number of hydrogen-bond acceptors (Lipinski definition) is 5. The van der Waals surface area contributed by atoms with E-state index in [2.05, 4.69) is 33.8 Å². The van der Waals surface area contributed by atoms with Crippen molar-refractivity contribution in [2.75, 3.05) is 10.6 Å². The summed E-state index contributed by atoms with van der Waals surface area (Å²) in [4.78, 5) is 15.8. The molecule has 2 aromatic rings. The van der Waals surface area contributed by atoms with E-state index in [1.54, 1.807) is 0 Å². The van der Waals surface area contributed by atoms with Crippen LogP contribution < -0.4 is 10.6 Å². The van der Waals surface area contributed by atoms with Gasteiger partial charge in [-0.2, -0.15) is 4.98 Å². The van der Waals surface area contributed by atoms with Gasteiger partial charge in [0.05, 0.1) is 0 Å². The Bertz CT molecular complexity index is 681. The van der Waals surface area contributed by atoms with E-state index in [0.717, 1.165) is 42.0 Å². The first-order chi connectivity index (χ1) is 10.7. The molecule has 1 atom stereocenters. The number of aryl methyl sites for hydroxylation is 2. The maximum Gasteiger partial charge on any atom is 0.248 e. The van der Waals surface area contributed by atoms with Crippen LogP contribution in [0.25, 0.3) is 0 Å². The van der Waals surface area contributed by atoms with E-state index in [-0.39, 0.29) is 11.9 Å². The van der Waals surface area contributed by atoms with Crippen molar-refractivity contribution < 1.29 is 9.32 Å². The second-order valence-electron chi connectivity index (χ2n) is 5.58. The van der Waals surface area contributed by atoms with Crippen LogP contribution in [0, 0.1) is 0 Å². The van der Waals surface area contributed by atoms with Crippen molar-refractivity contribution in [1.29, 1.82) is 0 Å². The van der Waals surface area contributed by atoms with Crippen LogP contribution in [0.1, 0.15) is 50.0 Å². The van der Waals surface area contributed by atoms with Gasteiger partial charge in [-0.05, 0) is 43.5 Å². The van der Waals surface area contributed by atoms with Crippen LogP contribution in [0.15, 0.2) is 22.7 Å². The standard InChI is InChI=1S/C16H20N4O2/c1-3-4-14-19-16(22-20-14)10(2)17-12-6-7-13-11(9-12)5-8-15(21)18-13/h6-7,9-10,17H,3-5,8H2,1-2H3,(H,18,21). The third kappa shape index (κ3) is 3.10. The lowest BCUT2D eigenvalue weighted by atomic mass is 10.0. The van der Waals surface area contributed by atoms with Gasteiger partial charge >= 0.3 is 0 Å². The number of amides is 1. The summed E-state index contributed by atoms with van der Waals surface area (Å²) in [6, 6.07) is 5.88. The van der Waals surface area contributed by atoms with Crippen LogP contribution in [0.2, 0.25) is 0 Å². The SMILES string of the molecule is CCCc1noc(C(C)Nc2ccc3c(c2)CCC(=O)N3)n1. The molecule has 1 aromatic heterocycles. The van der Waals surface area contributed by atoms with Crippen LogP contribution >= 0.6 is 0 Å². The average Bonchev–Trinajstić information content (AvgIpc) is 2.96. The Morgan fingerprint density at radius 2 is 2.27 bits per heavy atom. The fraction of sp³-hybridized carbons (Fsp3) is 0.438. The Balaban J connectivity index is 1.70. The number of anilines is 2. The molecule has 6 heteroatoms. The van der Waals surface area contributed by atoms with Gasteiger partial charge in [0.15, 0.2) is 5.82 Å². The molecule has 2 N–H and O–H groups in total. The van der Waals surface area contributed by atoms with Gasteiger partial charge in [0, 0.05) is 24.2 Å². The minimum Gasteiger partial charge on any atom is -0.374 e. The smallest absolute Gasteiger partial charge is 0.248 e. The van der Waals surface area contributed by atoms with Crippen molar-refractivity contribution >= 4 is 17.3 Å². The summed E-state index contributed by atoms with van der Waals surface area (Å²) in [5.74, 6) is 1.42. The molecule has 0 spiro atoms. The van der Waals surface area contributed by atoms with Crippen molar-refractivity contribution in [2.45, 2.75) is 45.6 Å². The number of fused-ring (bicyclic) bond motifs is 1. The fourth-order valence-electron chi connectivity index (χ4n) is 2.55. The van der Waals surface area contributed by atoms with Gasteiger partial charge in [0.1, 0.15) is 6.04 Å². The van der Waals surface area contributed by atoms with Crippen LogP contribution in [0.4, 0.5) is 11.4 Å². The van der Waals surface area contributed by atoms with E-state index >= 15 is 0 Å². The van der Waals surface area contributed by atoms with Gasteiger partial charge in [-0.25, -0.2) is 0 Å². The molecule has 0 fully saturated rings. The Hall–Kier alpha value is -2.37. The summed E-state index contributed by atoms with van der Waals surface area (Å²) >= 11 is 0. The summed E-state index contributed by atoms with van der Waals surface area (Å²) in [6.45, 7) is 4.08. The number of aromatic nitrogens is 2. The van der Waals surface area contributed by atoms with Crippen molar-refractivity contribution in [3.8, 4) is 0 Å². The third-order valence-corrected chi connectivity index (χ3v) is 3.71. The highest BCUT2D eigenvalue weighted by Crippen LogP contribution is 2.27. The molecule has 0 saturated carbocycles. The first-order valence-corrected chi connectivity index (χ1v) is 7.67. The van der Waals surface area contributed by atoms with E-state index in [0.29, 0.717) is 12.3 Å². The molecule has 1 amide bonds. The quantitative estimate of drug-likeness (QED) is 0.887. The van der Waals surface area contributed by atoms with E-state index < -0.39 is 0 Å². The summed E-state index contributed by atoms with van der Waals surface area (Å²) in [6.07, 6.45) is 3.13. The number of carbonyl (C=O) groups excluding carboxylic acids is 1. The molecule has 0 bridgehead atoms. The third-order valence-electron chi connectivity index (χ3n) is 3.71. The van der Waals surface area contributed by atoms with Gasteiger partial charge in [0.25, 0.3) is 0 Å². The lowest BCUT2D eigenvalue weighted by Gasteiger charge is -2.19. The minimum atomic E-state index is -0.0608. The number of rotatable bonds is 5. The van der Waals surface area contributed by atoms with E-state index in [4.69, 9.17) is 4.52 Å². The number of carbonyl (C=O) groups is 1. The Morgan fingerprint density at radius 3 is 3.09 bits per heavy atom. The summed E-state index contributed by atoms with van der Waals surface area (Å²) < 4.78 is 5.30. The highest BCUT2D eigenvalue weighted by atomic mass is 16.5. The van der Waals surface area contributed by atoms with Crippen molar-refractivity contribution in [3.63, 3.8) is 0 Å². The molecule has 2 heterocycles. The van der Waals surface area contributed by atoms with E-state index in [1.807, 2.05) is 19.1 Å². The average molecular weight is 300 g/mol. The predicted octanol–water partition coefficient (Wildman–Crippen LogP) is 3.08. The summed E-state index contributed by atoms with van der Waals surface area (Å²) in [5.41, 5.74) is 3.03. The van der Waals surface area contributed by atoms with Gasteiger partial charge in [-0.3, -0.25) is 4.79 Å². The molecule has 22 heavy (non-hydrogen) atoms. The first-order valence-electron chi connectivity index (χ1n) is 7.67. The predicted molar refractivity (Wildman–Crippen MR) is 83.7 cm³/mol. The van der Waals surface area contributed by atoms with Crippen LogP contribution in [0.3, 0.4) is 0 Å². The molecular formula is C16H20N4O2. The molecule has 1 aliphatic heterocycles. The number of nitrogens with one attached hydrogen (secondary N) is 2. The van der Waals surface area contributed by atoms with E-state index in [9.17, 15) is 4.79 Å².